The molecule has 49 heavy (non-hydrogen) atoms. The van der Waals surface area contributed by atoms with E-state index in [4.69, 9.17) is 23.2 Å². The average molecular weight is 703 g/mol. The lowest BCUT2D eigenvalue weighted by atomic mass is 10.1. The molecule has 1 atom stereocenters. The van der Waals surface area contributed by atoms with Crippen LogP contribution in [0.15, 0.2) is 156 Å². The number of benzene rings is 6. The number of carbonyl (C=O) groups excluding carboxylic acids is 3. The first-order valence-electron chi connectivity index (χ1n) is 15.3. The SMILES string of the molecule is O=C(Nc1ccc(SC(C(=O)Nc2ccc3ccccc3c2)c2ccccc2)cc1)/C(=C/c1c(Cl)cccc1Cl)NC(=O)c1ccccc1. The molecule has 6 aromatic carbocycles. The van der Waals surface area contributed by atoms with Gasteiger partial charge >= 0.3 is 0 Å². The lowest BCUT2D eigenvalue weighted by Gasteiger charge is -2.18. The van der Waals surface area contributed by atoms with Gasteiger partial charge in [0.05, 0.1) is 0 Å². The van der Waals surface area contributed by atoms with E-state index in [1.165, 1.54) is 17.8 Å². The fourth-order valence-corrected chi connectivity index (χ4v) is 6.59. The van der Waals surface area contributed by atoms with E-state index in [0.29, 0.717) is 32.5 Å². The van der Waals surface area contributed by atoms with Crippen molar-refractivity contribution in [3.63, 3.8) is 0 Å². The molecule has 0 bridgehead atoms. The smallest absolute Gasteiger partial charge is 0.272 e. The highest BCUT2D eigenvalue weighted by atomic mass is 35.5. The zero-order chi connectivity index (χ0) is 34.2. The Kier molecular flexibility index (Phi) is 10.8. The van der Waals surface area contributed by atoms with Crippen molar-refractivity contribution in [1.82, 2.24) is 5.32 Å². The third kappa shape index (κ3) is 8.58. The minimum absolute atomic E-state index is 0.0446. The summed E-state index contributed by atoms with van der Waals surface area (Å²) < 4.78 is 0. The van der Waals surface area contributed by atoms with E-state index in [1.807, 2.05) is 84.9 Å². The van der Waals surface area contributed by atoms with Gasteiger partial charge in [-0.05, 0) is 83.1 Å². The second-order valence-corrected chi connectivity index (χ2v) is 12.9. The Balaban J connectivity index is 1.20. The van der Waals surface area contributed by atoms with Gasteiger partial charge in [0.25, 0.3) is 11.8 Å². The van der Waals surface area contributed by atoms with Crippen LogP contribution in [0.5, 0.6) is 0 Å². The molecule has 6 aromatic rings. The van der Waals surface area contributed by atoms with Crippen molar-refractivity contribution in [2.75, 3.05) is 10.6 Å². The second kappa shape index (κ2) is 15.7. The predicted octanol–water partition coefficient (Wildman–Crippen LogP) is 10.0. The highest BCUT2D eigenvalue weighted by molar-refractivity contribution is 8.00. The van der Waals surface area contributed by atoms with Crippen LogP contribution in [-0.2, 0) is 9.59 Å². The van der Waals surface area contributed by atoms with Crippen LogP contribution in [0.25, 0.3) is 16.8 Å². The third-order valence-corrected chi connectivity index (χ3v) is 9.47. The number of amides is 3. The molecule has 9 heteroatoms. The third-order valence-electron chi connectivity index (χ3n) is 7.54. The quantitative estimate of drug-likeness (QED) is 0.0980. The number of hydrogen-bond donors (Lipinski definition) is 3. The molecule has 3 N–H and O–H groups in total. The van der Waals surface area contributed by atoms with Gasteiger partial charge in [0.2, 0.25) is 5.91 Å². The standard InChI is InChI=1S/C40H29Cl2N3O3S/c41-34-16-9-17-35(42)33(34)25-36(45-38(46)28-13-5-2-6-14-28)39(47)43-30-20-22-32(23-21-30)49-37(27-11-3-1-4-12-27)40(48)44-31-19-18-26-10-7-8-15-29(26)24-31/h1-25,37H,(H,43,47)(H,44,48)(H,45,46)/b36-25-. The fraction of sp³-hybridized carbons (Fsp3) is 0.0250. The Morgan fingerprint density at radius 2 is 1.22 bits per heavy atom. The summed E-state index contributed by atoms with van der Waals surface area (Å²) in [5.74, 6) is -1.20. The van der Waals surface area contributed by atoms with Gasteiger partial charge in [0.1, 0.15) is 10.9 Å². The molecule has 0 aliphatic rings. The fourth-order valence-electron chi connectivity index (χ4n) is 5.06. The van der Waals surface area contributed by atoms with Crippen molar-refractivity contribution < 1.29 is 14.4 Å². The molecule has 0 spiro atoms. The molecule has 6 rings (SSSR count). The van der Waals surface area contributed by atoms with Gasteiger partial charge in [-0.2, -0.15) is 0 Å². The van der Waals surface area contributed by atoms with Crippen molar-refractivity contribution in [2.24, 2.45) is 0 Å². The summed E-state index contributed by atoms with van der Waals surface area (Å²) in [5.41, 5.74) is 2.78. The van der Waals surface area contributed by atoms with Crippen LogP contribution in [0.3, 0.4) is 0 Å². The Morgan fingerprint density at radius 3 is 1.92 bits per heavy atom. The maximum Gasteiger partial charge on any atom is 0.272 e. The lowest BCUT2D eigenvalue weighted by molar-refractivity contribution is -0.116. The predicted molar refractivity (Wildman–Crippen MR) is 201 cm³/mol. The number of nitrogens with one attached hydrogen (secondary N) is 3. The Labute approximate surface area is 298 Å². The first-order chi connectivity index (χ1) is 23.8. The summed E-state index contributed by atoms with van der Waals surface area (Å²) in [7, 11) is 0. The highest BCUT2D eigenvalue weighted by Crippen LogP contribution is 2.37. The van der Waals surface area contributed by atoms with Crippen LogP contribution >= 0.6 is 35.0 Å². The largest absolute Gasteiger partial charge is 0.325 e. The molecule has 242 valence electrons. The van der Waals surface area contributed by atoms with E-state index >= 15 is 0 Å². The summed E-state index contributed by atoms with van der Waals surface area (Å²) >= 11 is 14.2. The minimum atomic E-state index is -0.572. The van der Waals surface area contributed by atoms with Gasteiger partial charge in [-0.15, -0.1) is 11.8 Å². The molecule has 0 fully saturated rings. The van der Waals surface area contributed by atoms with Crippen molar-refractivity contribution in [2.45, 2.75) is 10.1 Å². The van der Waals surface area contributed by atoms with Gasteiger partial charge in [0.15, 0.2) is 0 Å². The van der Waals surface area contributed by atoms with Crippen LogP contribution in [0, 0.1) is 0 Å². The number of rotatable bonds is 10. The maximum absolute atomic E-state index is 13.7. The number of halogens is 2. The van der Waals surface area contributed by atoms with E-state index in [2.05, 4.69) is 16.0 Å². The van der Waals surface area contributed by atoms with Crippen molar-refractivity contribution in [3.8, 4) is 0 Å². The van der Waals surface area contributed by atoms with Gasteiger partial charge < -0.3 is 16.0 Å². The summed E-state index contributed by atoms with van der Waals surface area (Å²) in [5, 5.41) is 10.9. The Bertz CT molecular complexity index is 2140. The maximum atomic E-state index is 13.7. The number of anilines is 2. The van der Waals surface area contributed by atoms with Gasteiger partial charge in [-0.25, -0.2) is 0 Å². The van der Waals surface area contributed by atoms with Crippen LogP contribution in [-0.4, -0.2) is 17.7 Å². The van der Waals surface area contributed by atoms with Gasteiger partial charge in [-0.3, -0.25) is 14.4 Å². The number of fused-ring (bicyclic) bond motifs is 1. The average Bonchev–Trinajstić information content (AvgIpc) is 3.13. The van der Waals surface area contributed by atoms with E-state index < -0.39 is 17.1 Å². The van der Waals surface area contributed by atoms with E-state index in [-0.39, 0.29) is 11.6 Å². The number of carbonyl (C=O) groups is 3. The molecule has 0 aliphatic carbocycles. The van der Waals surface area contributed by atoms with Gasteiger partial charge in [0, 0.05) is 37.4 Å². The van der Waals surface area contributed by atoms with Crippen LogP contribution in [0.1, 0.15) is 26.7 Å². The van der Waals surface area contributed by atoms with Crippen LogP contribution < -0.4 is 16.0 Å². The topological polar surface area (TPSA) is 87.3 Å². The number of hydrogen-bond acceptors (Lipinski definition) is 4. The summed E-state index contributed by atoms with van der Waals surface area (Å²) in [6, 6.07) is 44.1. The second-order valence-electron chi connectivity index (χ2n) is 11.0. The van der Waals surface area contributed by atoms with Crippen LogP contribution in [0.4, 0.5) is 11.4 Å². The van der Waals surface area contributed by atoms with Crippen molar-refractivity contribution >= 4 is 80.9 Å². The molecule has 1 unspecified atom stereocenters. The monoisotopic (exact) mass is 701 g/mol. The van der Waals surface area contributed by atoms with E-state index in [0.717, 1.165) is 21.2 Å². The summed E-state index contributed by atoms with van der Waals surface area (Å²) in [4.78, 5) is 41.1. The summed E-state index contributed by atoms with van der Waals surface area (Å²) in [6.45, 7) is 0. The van der Waals surface area contributed by atoms with E-state index in [9.17, 15) is 14.4 Å². The van der Waals surface area contributed by atoms with E-state index in [1.54, 1.807) is 60.7 Å². The number of thioether (sulfide) groups is 1. The first kappa shape index (κ1) is 33.6. The molecular formula is C40H29Cl2N3O3S. The first-order valence-corrected chi connectivity index (χ1v) is 16.9. The minimum Gasteiger partial charge on any atom is -0.325 e. The Morgan fingerprint density at radius 1 is 0.612 bits per heavy atom. The summed E-state index contributed by atoms with van der Waals surface area (Å²) in [6.07, 6.45) is 1.45. The molecule has 0 heterocycles. The molecule has 3 amide bonds. The lowest BCUT2D eigenvalue weighted by Crippen LogP contribution is -2.30. The Hall–Kier alpha value is -5.34. The molecule has 0 saturated carbocycles. The van der Waals surface area contributed by atoms with Crippen molar-refractivity contribution in [3.05, 3.63) is 178 Å². The molecule has 0 aliphatic heterocycles. The zero-order valence-electron chi connectivity index (χ0n) is 25.9. The normalized spacial score (nSPS) is 11.8. The molecule has 0 saturated heterocycles. The molecule has 0 aromatic heterocycles. The molecule has 0 radical (unpaired) electrons. The molecule has 6 nitrogen and oxygen atoms in total. The zero-order valence-corrected chi connectivity index (χ0v) is 28.2. The van der Waals surface area contributed by atoms with Gasteiger partial charge in [-0.1, -0.05) is 108 Å². The highest BCUT2D eigenvalue weighted by Gasteiger charge is 2.23. The van der Waals surface area contributed by atoms with Crippen LogP contribution in [0.2, 0.25) is 10.0 Å². The molecular weight excluding hydrogens is 673 g/mol. The van der Waals surface area contributed by atoms with Crippen molar-refractivity contribution in [1.29, 1.82) is 0 Å².